The van der Waals surface area contributed by atoms with Gasteiger partial charge < -0.3 is 18.9 Å². The molecule has 0 radical (unpaired) electrons. The molecule has 1 atom stereocenters. The number of aryl methyl sites for hydroxylation is 1. The summed E-state index contributed by atoms with van der Waals surface area (Å²) in [5, 5.41) is 1.38. The van der Waals surface area contributed by atoms with Gasteiger partial charge in [0, 0.05) is 61.0 Å². The van der Waals surface area contributed by atoms with Crippen molar-refractivity contribution in [3.63, 3.8) is 0 Å². The molecule has 1 aliphatic heterocycles. The summed E-state index contributed by atoms with van der Waals surface area (Å²) < 4.78 is 52.5. The van der Waals surface area contributed by atoms with Gasteiger partial charge in [0.2, 0.25) is 0 Å². The predicted molar refractivity (Wildman–Crippen MR) is 185 cm³/mol. The van der Waals surface area contributed by atoms with Crippen LogP contribution in [0.15, 0.2) is 42.7 Å². The Balaban J connectivity index is 1.64. The molecule has 1 fully saturated rings. The van der Waals surface area contributed by atoms with Crippen molar-refractivity contribution < 1.29 is 42.1 Å². The molecule has 13 heteroatoms. The van der Waals surface area contributed by atoms with E-state index in [1.54, 1.807) is 63.4 Å². The number of nitrogens with zero attached hydrogens (tertiary/aromatic N) is 4. The standard InChI is InChI=1S/C37H46F2N4O7/c1-22-18-29(47-8)27(25-13-14-42(31(22)25)34(45)49-36(2,3)4)19-41-17-16-40(21-30(38)39)20-28(41)23-10-11-26(33(44)48-9)32-24(23)12-15-43(32)35(46)50-37(5,6)7/h10-15,18,28,30H,16-17,19-21H2,1-9H3. The Kier molecular flexibility index (Phi) is 10.3. The number of piperazine rings is 1. The number of carbonyl (C=O) groups is 3. The van der Waals surface area contributed by atoms with E-state index >= 15 is 0 Å². The molecule has 5 rings (SSSR count). The molecule has 1 saturated heterocycles. The van der Waals surface area contributed by atoms with Crippen molar-refractivity contribution in [1.82, 2.24) is 18.9 Å². The van der Waals surface area contributed by atoms with Crippen LogP contribution >= 0.6 is 0 Å². The number of benzene rings is 2. The number of fused-ring (bicyclic) bond motifs is 2. The summed E-state index contributed by atoms with van der Waals surface area (Å²) in [7, 11) is 2.85. The topological polar surface area (TPSA) is 104 Å². The smallest absolute Gasteiger partial charge is 0.419 e. The van der Waals surface area contributed by atoms with Crippen LogP contribution in [0.4, 0.5) is 18.4 Å². The molecule has 0 spiro atoms. The number of aromatic nitrogens is 2. The molecule has 3 heterocycles. The Bertz CT molecular complexity index is 1920. The van der Waals surface area contributed by atoms with Crippen molar-refractivity contribution in [3.05, 3.63) is 65.0 Å². The second-order valence-electron chi connectivity index (χ2n) is 14.6. The molecule has 50 heavy (non-hydrogen) atoms. The first kappa shape index (κ1) is 36.8. The largest absolute Gasteiger partial charge is 0.496 e. The zero-order chi connectivity index (χ0) is 36.7. The van der Waals surface area contributed by atoms with Crippen LogP contribution in [0.5, 0.6) is 5.75 Å². The minimum Gasteiger partial charge on any atom is -0.496 e. The minimum absolute atomic E-state index is 0.166. The fraction of sp³-hybridized carbons (Fsp3) is 0.486. The highest BCUT2D eigenvalue weighted by atomic mass is 19.3. The van der Waals surface area contributed by atoms with Gasteiger partial charge >= 0.3 is 18.2 Å². The Labute approximate surface area is 290 Å². The average molecular weight is 697 g/mol. The SMILES string of the molecule is COC(=O)c1ccc(C2CN(CC(F)F)CCN2Cc2c(OC)cc(C)c3c2ccn3C(=O)OC(C)(C)C)c2ccn(C(=O)OC(C)(C)C)c12. The first-order valence-electron chi connectivity index (χ1n) is 16.5. The number of ether oxygens (including phenoxy) is 4. The number of rotatable bonds is 7. The normalized spacial score (nSPS) is 16.3. The maximum atomic E-state index is 13.7. The van der Waals surface area contributed by atoms with Crippen molar-refractivity contribution in [1.29, 1.82) is 0 Å². The highest BCUT2D eigenvalue weighted by Gasteiger charge is 2.34. The number of hydrogen-bond acceptors (Lipinski definition) is 9. The third-order valence-corrected chi connectivity index (χ3v) is 8.61. The van der Waals surface area contributed by atoms with Crippen molar-refractivity contribution in [2.45, 2.75) is 78.7 Å². The van der Waals surface area contributed by atoms with Crippen molar-refractivity contribution in [2.75, 3.05) is 40.4 Å². The highest BCUT2D eigenvalue weighted by molar-refractivity contribution is 6.07. The lowest BCUT2D eigenvalue weighted by atomic mass is 9.95. The third kappa shape index (κ3) is 7.63. The van der Waals surface area contributed by atoms with Crippen molar-refractivity contribution in [3.8, 4) is 5.75 Å². The Morgan fingerprint density at radius 1 is 0.860 bits per heavy atom. The Morgan fingerprint density at radius 2 is 1.46 bits per heavy atom. The lowest BCUT2D eigenvalue weighted by molar-refractivity contribution is 0.0249. The van der Waals surface area contributed by atoms with Gasteiger partial charge in [-0.2, -0.15) is 0 Å². The van der Waals surface area contributed by atoms with Gasteiger partial charge in [-0.05, 0) is 83.9 Å². The van der Waals surface area contributed by atoms with E-state index < -0.39 is 48.4 Å². The zero-order valence-corrected chi connectivity index (χ0v) is 30.1. The lowest BCUT2D eigenvalue weighted by Gasteiger charge is -2.42. The summed E-state index contributed by atoms with van der Waals surface area (Å²) in [6.45, 7) is 13.6. The molecule has 0 amide bonds. The lowest BCUT2D eigenvalue weighted by Crippen LogP contribution is -2.49. The third-order valence-electron chi connectivity index (χ3n) is 8.61. The van der Waals surface area contributed by atoms with Gasteiger partial charge in [0.15, 0.2) is 0 Å². The van der Waals surface area contributed by atoms with Gasteiger partial charge in [-0.15, -0.1) is 0 Å². The van der Waals surface area contributed by atoms with E-state index in [2.05, 4.69) is 4.90 Å². The molecule has 1 unspecified atom stereocenters. The monoisotopic (exact) mass is 696 g/mol. The maximum absolute atomic E-state index is 13.7. The van der Waals surface area contributed by atoms with Gasteiger partial charge in [0.05, 0.1) is 37.4 Å². The summed E-state index contributed by atoms with van der Waals surface area (Å²) in [5.41, 5.74) is 2.03. The van der Waals surface area contributed by atoms with Crippen LogP contribution in [0.2, 0.25) is 0 Å². The summed E-state index contributed by atoms with van der Waals surface area (Å²) in [5.74, 6) is -0.0147. The molecule has 11 nitrogen and oxygen atoms in total. The zero-order valence-electron chi connectivity index (χ0n) is 30.1. The molecule has 2 aromatic carbocycles. The van der Waals surface area contributed by atoms with E-state index in [0.29, 0.717) is 41.8 Å². The molecule has 1 aliphatic rings. The van der Waals surface area contributed by atoms with Crippen LogP contribution in [0.25, 0.3) is 21.8 Å². The number of hydrogen-bond donors (Lipinski definition) is 0. The molecular weight excluding hydrogens is 650 g/mol. The first-order chi connectivity index (χ1) is 23.4. The molecule has 0 bridgehead atoms. The summed E-state index contributed by atoms with van der Waals surface area (Å²) >= 11 is 0. The van der Waals surface area contributed by atoms with Crippen LogP contribution in [0.1, 0.15) is 74.6 Å². The summed E-state index contributed by atoms with van der Waals surface area (Å²) in [6.07, 6.45) is -0.475. The van der Waals surface area contributed by atoms with E-state index in [9.17, 15) is 23.2 Å². The van der Waals surface area contributed by atoms with Gasteiger partial charge in [0.25, 0.3) is 6.43 Å². The van der Waals surface area contributed by atoms with E-state index in [1.807, 2.05) is 39.8 Å². The Morgan fingerprint density at radius 3 is 2.02 bits per heavy atom. The number of methoxy groups -OCH3 is 2. The van der Waals surface area contributed by atoms with E-state index in [1.165, 1.54) is 16.2 Å². The number of esters is 1. The van der Waals surface area contributed by atoms with E-state index in [4.69, 9.17) is 18.9 Å². The second-order valence-corrected chi connectivity index (χ2v) is 14.6. The van der Waals surface area contributed by atoms with E-state index in [-0.39, 0.29) is 12.1 Å². The number of halogens is 2. The van der Waals surface area contributed by atoms with Crippen molar-refractivity contribution in [2.24, 2.45) is 0 Å². The van der Waals surface area contributed by atoms with Gasteiger partial charge in [-0.3, -0.25) is 18.9 Å². The van der Waals surface area contributed by atoms with Crippen molar-refractivity contribution >= 4 is 40.0 Å². The second kappa shape index (κ2) is 14.0. The molecule has 0 aliphatic carbocycles. The van der Waals surface area contributed by atoms with Gasteiger partial charge in [-0.25, -0.2) is 23.2 Å². The van der Waals surface area contributed by atoms with Gasteiger partial charge in [-0.1, -0.05) is 6.07 Å². The Hall–Kier alpha value is -4.49. The van der Waals surface area contributed by atoms with Crippen LogP contribution in [-0.2, 0) is 20.8 Å². The van der Waals surface area contributed by atoms with Crippen LogP contribution in [-0.4, -0.2) is 95.1 Å². The minimum atomic E-state index is -2.53. The molecule has 2 aromatic heterocycles. The van der Waals surface area contributed by atoms with Crippen LogP contribution < -0.4 is 4.74 Å². The number of alkyl halides is 2. The maximum Gasteiger partial charge on any atom is 0.419 e. The van der Waals surface area contributed by atoms with E-state index in [0.717, 1.165) is 22.1 Å². The molecule has 0 N–H and O–H groups in total. The summed E-state index contributed by atoms with van der Waals surface area (Å²) in [4.78, 5) is 43.4. The molecule has 270 valence electrons. The summed E-state index contributed by atoms with van der Waals surface area (Å²) in [6, 6.07) is 8.41. The number of carbonyl (C=O) groups excluding carboxylic acids is 3. The molecule has 0 saturated carbocycles. The molecular formula is C37H46F2N4O7. The van der Waals surface area contributed by atoms with Crippen LogP contribution in [0.3, 0.4) is 0 Å². The quantitative estimate of drug-likeness (QED) is 0.145. The fourth-order valence-electron chi connectivity index (χ4n) is 6.61. The fourth-order valence-corrected chi connectivity index (χ4v) is 6.61. The predicted octanol–water partition coefficient (Wildman–Crippen LogP) is 7.39. The molecule has 4 aromatic rings. The van der Waals surface area contributed by atoms with Gasteiger partial charge in [0.1, 0.15) is 17.0 Å². The van der Waals surface area contributed by atoms with Crippen LogP contribution in [0, 0.1) is 6.92 Å². The highest BCUT2D eigenvalue weighted by Crippen LogP contribution is 2.39. The average Bonchev–Trinajstić information content (AvgIpc) is 3.67. The first-order valence-corrected chi connectivity index (χ1v) is 16.5.